The number of rotatable bonds is 3. The largest absolute Gasteiger partial charge is 1.00 e. The fourth-order valence-electron chi connectivity index (χ4n) is 0.294. The average Bonchev–Trinajstić information content (AvgIpc) is 2.00. The molecule has 0 amide bonds. The zero-order valence-corrected chi connectivity index (χ0v) is 11.5. The first kappa shape index (κ1) is 19.6. The van der Waals surface area contributed by atoms with Gasteiger partial charge in [-0.25, -0.2) is 8.42 Å². The van der Waals surface area contributed by atoms with Gasteiger partial charge in [-0.1, -0.05) is 6.58 Å². The van der Waals surface area contributed by atoms with Crippen LogP contribution in [0.1, 0.15) is 0 Å². The summed E-state index contributed by atoms with van der Waals surface area (Å²) < 4.78 is 29.9. The van der Waals surface area contributed by atoms with E-state index in [1.807, 2.05) is 0 Å². The predicted molar refractivity (Wildman–Crippen MR) is 48.9 cm³/mol. The van der Waals surface area contributed by atoms with Crippen LogP contribution in [0.5, 0.6) is 0 Å². The van der Waals surface area contributed by atoms with Gasteiger partial charge >= 0.3 is 29.6 Å². The van der Waals surface area contributed by atoms with Crippen molar-refractivity contribution in [1.82, 2.24) is 4.90 Å². The van der Waals surface area contributed by atoms with Crippen molar-refractivity contribution in [1.29, 1.82) is 5.26 Å². The minimum absolute atomic E-state index is 0. The normalized spacial score (nSPS) is 9.07. The number of nitriles is 1. The van der Waals surface area contributed by atoms with E-state index in [1.165, 1.54) is 6.08 Å². The Kier molecular flexibility index (Phi) is 15.7. The van der Waals surface area contributed by atoms with Crippen LogP contribution in [-0.2, 0) is 10.1 Å². The minimum atomic E-state index is -4.01. The van der Waals surface area contributed by atoms with Crippen molar-refractivity contribution in [2.24, 2.45) is 0 Å². The first-order valence-electron chi connectivity index (χ1n) is 3.42. The summed E-state index contributed by atoms with van der Waals surface area (Å²) in [5, 5.41) is 7.51. The van der Waals surface area contributed by atoms with Crippen LogP contribution < -0.4 is 29.6 Å². The molecule has 0 bridgehead atoms. The third-order valence-electron chi connectivity index (χ3n) is 0.880. The Bertz CT molecular complexity index is 269. The van der Waals surface area contributed by atoms with Crippen LogP contribution in [0.25, 0.3) is 0 Å². The van der Waals surface area contributed by atoms with E-state index < -0.39 is 10.1 Å². The average molecular weight is 228 g/mol. The minimum Gasteiger partial charge on any atom is -0.748 e. The zero-order valence-electron chi connectivity index (χ0n) is 8.73. The third kappa shape index (κ3) is 29.6. The van der Waals surface area contributed by atoms with Gasteiger partial charge in [-0.05, 0) is 14.1 Å². The molecule has 0 aliphatic rings. The molecule has 0 aliphatic heterocycles. The van der Waals surface area contributed by atoms with E-state index in [9.17, 15) is 13.0 Å². The molecule has 0 atom stereocenters. The Balaban J connectivity index is -0.000000209. The SMILES string of the molecule is C=CC#N.CN(C)CCS(=O)(=O)[O-].[Na+]. The zero-order chi connectivity index (χ0) is 10.9. The first-order chi connectivity index (χ1) is 5.83. The number of hydrogen-bond donors (Lipinski definition) is 0. The quantitative estimate of drug-likeness (QED) is 0.288. The smallest absolute Gasteiger partial charge is 0.748 e. The van der Waals surface area contributed by atoms with Crippen LogP contribution in [0, 0.1) is 11.3 Å². The van der Waals surface area contributed by atoms with Gasteiger partial charge in [0.1, 0.15) is 0 Å². The summed E-state index contributed by atoms with van der Waals surface area (Å²) in [6, 6.07) is 1.69. The van der Waals surface area contributed by atoms with Crippen LogP contribution >= 0.6 is 0 Å². The Morgan fingerprint density at radius 3 is 2.00 bits per heavy atom. The van der Waals surface area contributed by atoms with E-state index >= 15 is 0 Å². The van der Waals surface area contributed by atoms with Crippen molar-refractivity contribution < 1.29 is 42.5 Å². The molecule has 0 radical (unpaired) electrons. The molecule has 5 nitrogen and oxygen atoms in total. The van der Waals surface area contributed by atoms with Crippen molar-refractivity contribution in [3.05, 3.63) is 12.7 Å². The van der Waals surface area contributed by atoms with E-state index in [-0.39, 0.29) is 35.3 Å². The van der Waals surface area contributed by atoms with Crippen LogP contribution in [-0.4, -0.2) is 44.3 Å². The Hall–Kier alpha value is 0.1000. The van der Waals surface area contributed by atoms with Gasteiger partial charge in [0, 0.05) is 12.6 Å². The van der Waals surface area contributed by atoms with Gasteiger partial charge in [-0.2, -0.15) is 5.26 Å². The fraction of sp³-hybridized carbons (Fsp3) is 0.571. The Labute approximate surface area is 107 Å². The van der Waals surface area contributed by atoms with Crippen molar-refractivity contribution in [2.45, 2.75) is 0 Å². The maximum absolute atomic E-state index is 9.95. The summed E-state index contributed by atoms with van der Waals surface area (Å²) in [6.07, 6.45) is 1.18. The van der Waals surface area contributed by atoms with E-state index in [0.29, 0.717) is 6.54 Å². The van der Waals surface area contributed by atoms with Gasteiger partial charge in [-0.3, -0.25) is 0 Å². The molecule has 0 aliphatic carbocycles. The van der Waals surface area contributed by atoms with Crippen LogP contribution in [0.4, 0.5) is 0 Å². The van der Waals surface area contributed by atoms with Crippen molar-refractivity contribution in [3.63, 3.8) is 0 Å². The molecule has 0 N–H and O–H groups in total. The summed E-state index contributed by atoms with van der Waals surface area (Å²) in [4.78, 5) is 1.65. The van der Waals surface area contributed by atoms with E-state index in [2.05, 4.69) is 6.58 Å². The second-order valence-corrected chi connectivity index (χ2v) is 3.92. The summed E-state index contributed by atoms with van der Waals surface area (Å²) in [6.45, 7) is 3.42. The number of nitrogens with zero attached hydrogens (tertiary/aromatic N) is 2. The molecule has 0 aromatic rings. The summed E-state index contributed by atoms with van der Waals surface area (Å²) in [5.41, 5.74) is 0. The van der Waals surface area contributed by atoms with E-state index in [0.717, 1.165) is 0 Å². The monoisotopic (exact) mass is 228 g/mol. The molecule has 0 saturated heterocycles. The topological polar surface area (TPSA) is 84.2 Å². The van der Waals surface area contributed by atoms with Gasteiger partial charge < -0.3 is 9.45 Å². The molecule has 0 rings (SSSR count). The molecule has 0 heterocycles. The standard InChI is InChI=1S/C4H11NO3S.C3H3N.Na/c1-5(2)3-4-9(6,7)8;1-2-3-4;/h3-4H2,1-2H3,(H,6,7,8);2H,1H2;/q;;+1/p-1. The number of hydrogen-bond acceptors (Lipinski definition) is 5. The van der Waals surface area contributed by atoms with Gasteiger partial charge in [0.25, 0.3) is 0 Å². The Morgan fingerprint density at radius 1 is 1.57 bits per heavy atom. The van der Waals surface area contributed by atoms with E-state index in [4.69, 9.17) is 5.26 Å². The predicted octanol–water partition coefficient (Wildman–Crippen LogP) is -3.21. The van der Waals surface area contributed by atoms with Crippen LogP contribution in [0.3, 0.4) is 0 Å². The van der Waals surface area contributed by atoms with Crippen molar-refractivity contribution >= 4 is 10.1 Å². The van der Waals surface area contributed by atoms with Gasteiger partial charge in [0.05, 0.1) is 21.9 Å². The molecule has 0 aromatic carbocycles. The van der Waals surface area contributed by atoms with Crippen LogP contribution in [0.15, 0.2) is 12.7 Å². The molecule has 7 heteroatoms. The third-order valence-corrected chi connectivity index (χ3v) is 1.56. The molecule has 76 valence electrons. The maximum atomic E-state index is 9.95. The summed E-state index contributed by atoms with van der Waals surface area (Å²) in [7, 11) is -0.584. The molecular formula is C7H13N2NaO3S. The maximum Gasteiger partial charge on any atom is 1.00 e. The molecule has 14 heavy (non-hydrogen) atoms. The van der Waals surface area contributed by atoms with Gasteiger partial charge in [0.2, 0.25) is 0 Å². The molecule has 0 spiro atoms. The first-order valence-corrected chi connectivity index (χ1v) is 5.00. The van der Waals surface area contributed by atoms with Gasteiger partial charge in [-0.15, -0.1) is 0 Å². The van der Waals surface area contributed by atoms with Crippen LogP contribution in [0.2, 0.25) is 0 Å². The van der Waals surface area contributed by atoms with E-state index in [1.54, 1.807) is 25.1 Å². The van der Waals surface area contributed by atoms with Crippen molar-refractivity contribution in [2.75, 3.05) is 26.4 Å². The van der Waals surface area contributed by atoms with Gasteiger partial charge in [0.15, 0.2) is 0 Å². The molecule has 0 fully saturated rings. The molecule has 0 unspecified atom stereocenters. The fourth-order valence-corrected chi connectivity index (χ4v) is 0.883. The number of allylic oxidation sites excluding steroid dienone is 1. The summed E-state index contributed by atoms with van der Waals surface area (Å²) in [5.74, 6) is -0.306. The second kappa shape index (κ2) is 11.2. The van der Waals surface area contributed by atoms with Crippen molar-refractivity contribution in [3.8, 4) is 6.07 Å². The second-order valence-electron chi connectivity index (χ2n) is 2.40. The Morgan fingerprint density at radius 2 is 1.93 bits per heavy atom. The molecular weight excluding hydrogens is 215 g/mol. The molecule has 0 aromatic heterocycles. The molecule has 0 saturated carbocycles. The summed E-state index contributed by atoms with van der Waals surface area (Å²) >= 11 is 0.